The Kier molecular flexibility index (Phi) is 4.90. The van der Waals surface area contributed by atoms with Crippen molar-refractivity contribution in [3.8, 4) is 0 Å². The van der Waals surface area contributed by atoms with Crippen LogP contribution in [-0.4, -0.2) is 28.6 Å². The highest BCUT2D eigenvalue weighted by atomic mass is 16.3. The Morgan fingerprint density at radius 1 is 1.65 bits per heavy atom. The molecule has 0 aliphatic rings. The van der Waals surface area contributed by atoms with Gasteiger partial charge in [0.15, 0.2) is 0 Å². The van der Waals surface area contributed by atoms with E-state index in [0.29, 0.717) is 36.3 Å². The number of hydrogen-bond acceptors (Lipinski definition) is 4. The normalized spacial score (nSPS) is 12.2. The van der Waals surface area contributed by atoms with E-state index in [1.807, 2.05) is 6.92 Å². The van der Waals surface area contributed by atoms with Gasteiger partial charge in [0.05, 0.1) is 29.2 Å². The summed E-state index contributed by atoms with van der Waals surface area (Å²) in [5.41, 5.74) is 7.18. The first-order valence-corrected chi connectivity index (χ1v) is 5.73. The topological polar surface area (TPSA) is 88.2 Å². The van der Waals surface area contributed by atoms with Crippen LogP contribution in [-0.2, 0) is 0 Å². The van der Waals surface area contributed by atoms with Gasteiger partial charge in [0.25, 0.3) is 5.91 Å². The second-order valence-electron chi connectivity index (χ2n) is 4.01. The van der Waals surface area contributed by atoms with Crippen molar-refractivity contribution in [3.05, 3.63) is 23.5 Å². The van der Waals surface area contributed by atoms with Crippen molar-refractivity contribution in [1.29, 1.82) is 0 Å². The van der Waals surface area contributed by atoms with Crippen LogP contribution in [0.1, 0.15) is 35.8 Å². The van der Waals surface area contributed by atoms with Crippen LogP contribution in [0.4, 0.5) is 5.69 Å². The Morgan fingerprint density at radius 3 is 3.00 bits per heavy atom. The zero-order chi connectivity index (χ0) is 12.8. The Hall–Kier alpha value is -1.62. The van der Waals surface area contributed by atoms with Gasteiger partial charge in [-0.05, 0) is 25.8 Å². The molecule has 4 N–H and O–H groups in total. The number of hydrogen-bond donors (Lipinski definition) is 3. The standard InChI is InChI=1S/C12H19N3O2/c1-3-10(16)4-5-14-12(17)11-6-9(13)7-15-8(11)2/h6-7,10,16H,3-5,13H2,1-2H3,(H,14,17). The summed E-state index contributed by atoms with van der Waals surface area (Å²) >= 11 is 0. The molecule has 1 rings (SSSR count). The molecule has 94 valence electrons. The van der Waals surface area contributed by atoms with Crippen molar-refractivity contribution in [2.45, 2.75) is 32.8 Å². The third-order valence-electron chi connectivity index (χ3n) is 2.59. The molecule has 0 aliphatic carbocycles. The largest absolute Gasteiger partial charge is 0.397 e. The predicted molar refractivity (Wildman–Crippen MR) is 66.6 cm³/mol. The van der Waals surface area contributed by atoms with Gasteiger partial charge in [-0.15, -0.1) is 0 Å². The van der Waals surface area contributed by atoms with Crippen molar-refractivity contribution in [2.24, 2.45) is 0 Å². The summed E-state index contributed by atoms with van der Waals surface area (Å²) in [4.78, 5) is 15.8. The van der Waals surface area contributed by atoms with Crippen molar-refractivity contribution >= 4 is 11.6 Å². The smallest absolute Gasteiger partial charge is 0.253 e. The summed E-state index contributed by atoms with van der Waals surface area (Å²) in [5.74, 6) is -0.203. The zero-order valence-electron chi connectivity index (χ0n) is 10.2. The van der Waals surface area contributed by atoms with Crippen LogP contribution in [0.5, 0.6) is 0 Å². The summed E-state index contributed by atoms with van der Waals surface area (Å²) in [7, 11) is 0. The van der Waals surface area contributed by atoms with Crippen LogP contribution in [0.2, 0.25) is 0 Å². The van der Waals surface area contributed by atoms with Gasteiger partial charge in [-0.25, -0.2) is 0 Å². The Morgan fingerprint density at radius 2 is 2.35 bits per heavy atom. The second kappa shape index (κ2) is 6.20. The van der Waals surface area contributed by atoms with Gasteiger partial charge in [0, 0.05) is 6.54 Å². The fourth-order valence-electron chi connectivity index (χ4n) is 1.43. The van der Waals surface area contributed by atoms with E-state index in [-0.39, 0.29) is 12.0 Å². The summed E-state index contributed by atoms with van der Waals surface area (Å²) in [6.07, 6.45) is 2.40. The SMILES string of the molecule is CCC(O)CCNC(=O)c1cc(N)cnc1C. The third kappa shape index (κ3) is 4.03. The number of nitrogens with two attached hydrogens (primary N) is 1. The number of pyridine rings is 1. The quantitative estimate of drug-likeness (QED) is 0.708. The molecule has 1 amide bonds. The van der Waals surface area contributed by atoms with Crippen molar-refractivity contribution in [3.63, 3.8) is 0 Å². The first-order valence-electron chi connectivity index (χ1n) is 5.73. The number of amides is 1. The third-order valence-corrected chi connectivity index (χ3v) is 2.59. The molecule has 1 aromatic rings. The minimum absolute atomic E-state index is 0.203. The van der Waals surface area contributed by atoms with E-state index in [0.717, 1.165) is 0 Å². The first kappa shape index (κ1) is 13.4. The van der Waals surface area contributed by atoms with Gasteiger partial charge < -0.3 is 16.2 Å². The van der Waals surface area contributed by atoms with E-state index in [2.05, 4.69) is 10.3 Å². The van der Waals surface area contributed by atoms with Gasteiger partial charge in [-0.1, -0.05) is 6.92 Å². The van der Waals surface area contributed by atoms with Gasteiger partial charge in [0.1, 0.15) is 0 Å². The van der Waals surface area contributed by atoms with Crippen molar-refractivity contribution < 1.29 is 9.90 Å². The number of aromatic nitrogens is 1. The molecule has 17 heavy (non-hydrogen) atoms. The van der Waals surface area contributed by atoms with E-state index in [9.17, 15) is 9.90 Å². The molecule has 1 unspecified atom stereocenters. The highest BCUT2D eigenvalue weighted by molar-refractivity contribution is 5.95. The number of nitrogens with one attached hydrogen (secondary N) is 1. The number of rotatable bonds is 5. The maximum Gasteiger partial charge on any atom is 0.253 e. The molecule has 5 heteroatoms. The van der Waals surface area contributed by atoms with Crippen LogP contribution < -0.4 is 11.1 Å². The average molecular weight is 237 g/mol. The number of nitrogen functional groups attached to an aromatic ring is 1. The van der Waals surface area contributed by atoms with Gasteiger partial charge in [0.2, 0.25) is 0 Å². The van der Waals surface area contributed by atoms with Gasteiger partial charge in [-0.3, -0.25) is 9.78 Å². The lowest BCUT2D eigenvalue weighted by Gasteiger charge is -2.10. The molecule has 0 radical (unpaired) electrons. The summed E-state index contributed by atoms with van der Waals surface area (Å²) in [6, 6.07) is 1.61. The van der Waals surface area contributed by atoms with Crippen LogP contribution in [0, 0.1) is 6.92 Å². The lowest BCUT2D eigenvalue weighted by molar-refractivity contribution is 0.0941. The summed E-state index contributed by atoms with van der Waals surface area (Å²) in [6.45, 7) is 4.11. The molecular formula is C12H19N3O2. The number of aryl methyl sites for hydroxylation is 1. The lowest BCUT2D eigenvalue weighted by atomic mass is 10.1. The maximum atomic E-state index is 11.8. The van der Waals surface area contributed by atoms with E-state index >= 15 is 0 Å². The summed E-state index contributed by atoms with van der Waals surface area (Å²) < 4.78 is 0. The number of carbonyl (C=O) groups excluding carboxylic acids is 1. The molecular weight excluding hydrogens is 218 g/mol. The molecule has 0 aromatic carbocycles. The average Bonchev–Trinajstić information content (AvgIpc) is 2.31. The lowest BCUT2D eigenvalue weighted by Crippen LogP contribution is -2.27. The second-order valence-corrected chi connectivity index (χ2v) is 4.01. The Balaban J connectivity index is 2.55. The molecule has 0 saturated carbocycles. The zero-order valence-corrected chi connectivity index (χ0v) is 10.2. The first-order chi connectivity index (χ1) is 8.04. The minimum Gasteiger partial charge on any atom is -0.397 e. The highest BCUT2D eigenvalue weighted by Gasteiger charge is 2.10. The monoisotopic (exact) mass is 237 g/mol. The summed E-state index contributed by atoms with van der Waals surface area (Å²) in [5, 5.41) is 12.1. The molecule has 0 bridgehead atoms. The van der Waals surface area contributed by atoms with Gasteiger partial charge in [-0.2, -0.15) is 0 Å². The number of aliphatic hydroxyl groups excluding tert-OH is 1. The molecule has 1 heterocycles. The molecule has 1 aromatic heterocycles. The molecule has 0 aliphatic heterocycles. The molecule has 1 atom stereocenters. The Labute approximate surface area is 101 Å². The highest BCUT2D eigenvalue weighted by Crippen LogP contribution is 2.09. The number of aliphatic hydroxyl groups is 1. The van der Waals surface area contributed by atoms with Gasteiger partial charge >= 0.3 is 0 Å². The molecule has 0 fully saturated rings. The molecule has 0 saturated heterocycles. The number of anilines is 1. The van der Waals surface area contributed by atoms with Crippen molar-refractivity contribution in [2.75, 3.05) is 12.3 Å². The number of carbonyl (C=O) groups is 1. The van der Waals surface area contributed by atoms with E-state index in [1.54, 1.807) is 13.0 Å². The van der Waals surface area contributed by atoms with Crippen LogP contribution in [0.3, 0.4) is 0 Å². The number of nitrogens with zero attached hydrogens (tertiary/aromatic N) is 1. The van der Waals surface area contributed by atoms with E-state index < -0.39 is 0 Å². The van der Waals surface area contributed by atoms with Crippen LogP contribution in [0.25, 0.3) is 0 Å². The fourth-order valence-corrected chi connectivity index (χ4v) is 1.43. The van der Waals surface area contributed by atoms with Crippen molar-refractivity contribution in [1.82, 2.24) is 10.3 Å². The van der Waals surface area contributed by atoms with E-state index in [4.69, 9.17) is 5.73 Å². The fraction of sp³-hybridized carbons (Fsp3) is 0.500. The predicted octanol–water partition coefficient (Wildman–Crippen LogP) is 0.863. The molecule has 0 spiro atoms. The molecule has 5 nitrogen and oxygen atoms in total. The minimum atomic E-state index is -0.365. The van der Waals surface area contributed by atoms with Crippen LogP contribution in [0.15, 0.2) is 12.3 Å². The van der Waals surface area contributed by atoms with Crippen LogP contribution >= 0.6 is 0 Å². The maximum absolute atomic E-state index is 11.8. The Bertz CT molecular complexity index is 393. The van der Waals surface area contributed by atoms with E-state index in [1.165, 1.54) is 6.20 Å².